The Balaban J connectivity index is 1.25. The van der Waals surface area contributed by atoms with Crippen LogP contribution in [0.3, 0.4) is 0 Å². The molecular formula is C32H44N6. The molecule has 202 valence electrons. The number of aryl methyl sites for hydroxylation is 1. The number of hydrogen-bond donors (Lipinski definition) is 0. The molecule has 2 aromatic heterocycles. The number of para-hydroxylation sites is 4. The molecule has 0 bridgehead atoms. The Bertz CT molecular complexity index is 1400. The van der Waals surface area contributed by atoms with Crippen molar-refractivity contribution < 1.29 is 0 Å². The fourth-order valence-corrected chi connectivity index (χ4v) is 7.25. The molecule has 6 heteroatoms. The molecule has 2 atom stereocenters. The molecule has 2 aromatic carbocycles. The van der Waals surface area contributed by atoms with Crippen LogP contribution < -0.4 is 0 Å². The van der Waals surface area contributed by atoms with Crippen molar-refractivity contribution in [1.82, 2.24) is 28.9 Å². The first-order valence-electron chi connectivity index (χ1n) is 14.8. The lowest BCUT2D eigenvalue weighted by atomic mass is 9.96. The van der Waals surface area contributed by atoms with Gasteiger partial charge >= 0.3 is 0 Å². The van der Waals surface area contributed by atoms with Crippen LogP contribution >= 0.6 is 0 Å². The standard InChI is InChI=1S/C32H44N6/c1-5-6-19-32(2,3)38-27-16-10-8-14-25(27)34-31(38)23-37-21-12-18-29(37)28-17-11-20-36(28)22-30-33-24-13-7-9-15-26(24)35(30)4/h7-10,13-16,28-29H,5-6,11-12,17-23H2,1-4H3. The molecule has 2 aliphatic heterocycles. The number of rotatable bonds is 9. The smallest absolute Gasteiger partial charge is 0.124 e. The Morgan fingerprint density at radius 3 is 1.97 bits per heavy atom. The largest absolute Gasteiger partial charge is 0.330 e. The van der Waals surface area contributed by atoms with Crippen LogP contribution in [0.15, 0.2) is 48.5 Å². The Morgan fingerprint density at radius 1 is 0.789 bits per heavy atom. The maximum Gasteiger partial charge on any atom is 0.124 e. The van der Waals surface area contributed by atoms with Crippen LogP contribution in [0.4, 0.5) is 0 Å². The van der Waals surface area contributed by atoms with Crippen LogP contribution in [0.5, 0.6) is 0 Å². The molecule has 2 unspecified atom stereocenters. The number of fused-ring (bicyclic) bond motifs is 2. The average molecular weight is 513 g/mol. The van der Waals surface area contributed by atoms with Gasteiger partial charge in [0, 0.05) is 24.7 Å². The second-order valence-corrected chi connectivity index (χ2v) is 12.2. The zero-order valence-corrected chi connectivity index (χ0v) is 23.7. The molecule has 4 aromatic rings. The van der Waals surface area contributed by atoms with Crippen LogP contribution in [0, 0.1) is 0 Å². The minimum atomic E-state index is 0.0519. The predicted octanol–water partition coefficient (Wildman–Crippen LogP) is 6.48. The van der Waals surface area contributed by atoms with E-state index in [-0.39, 0.29) is 5.54 Å². The number of likely N-dealkylation sites (tertiary alicyclic amines) is 2. The van der Waals surface area contributed by atoms with Crippen molar-refractivity contribution >= 4 is 22.1 Å². The summed E-state index contributed by atoms with van der Waals surface area (Å²) in [5, 5.41) is 0. The molecule has 0 spiro atoms. The lowest BCUT2D eigenvalue weighted by molar-refractivity contribution is 0.117. The van der Waals surface area contributed by atoms with Gasteiger partial charge in [-0.05, 0) is 83.3 Å². The van der Waals surface area contributed by atoms with E-state index < -0.39 is 0 Å². The van der Waals surface area contributed by atoms with Gasteiger partial charge in [0.05, 0.1) is 35.2 Å². The van der Waals surface area contributed by atoms with Gasteiger partial charge in [-0.1, -0.05) is 44.0 Å². The summed E-state index contributed by atoms with van der Waals surface area (Å²) in [6.07, 6.45) is 8.76. The van der Waals surface area contributed by atoms with Gasteiger partial charge in [0.25, 0.3) is 0 Å². The van der Waals surface area contributed by atoms with Crippen LogP contribution in [0.25, 0.3) is 22.1 Å². The summed E-state index contributed by atoms with van der Waals surface area (Å²) in [6.45, 7) is 11.3. The van der Waals surface area contributed by atoms with Crippen LogP contribution in [0.1, 0.15) is 77.4 Å². The molecule has 6 rings (SSSR count). The van der Waals surface area contributed by atoms with E-state index >= 15 is 0 Å². The fraction of sp³-hybridized carbons (Fsp3) is 0.562. The van der Waals surface area contributed by atoms with E-state index in [0.29, 0.717) is 12.1 Å². The molecule has 2 saturated heterocycles. The average Bonchev–Trinajstić information content (AvgIpc) is 3.69. The molecule has 4 heterocycles. The van der Waals surface area contributed by atoms with E-state index in [9.17, 15) is 0 Å². The lowest BCUT2D eigenvalue weighted by Crippen LogP contribution is -2.46. The van der Waals surface area contributed by atoms with Gasteiger partial charge in [0.1, 0.15) is 11.6 Å². The van der Waals surface area contributed by atoms with Crippen LogP contribution in [-0.2, 0) is 25.7 Å². The fourth-order valence-electron chi connectivity index (χ4n) is 7.25. The molecular weight excluding hydrogens is 468 g/mol. The minimum Gasteiger partial charge on any atom is -0.330 e. The molecule has 2 aliphatic rings. The zero-order chi connectivity index (χ0) is 26.3. The van der Waals surface area contributed by atoms with Gasteiger partial charge in [-0.15, -0.1) is 0 Å². The monoisotopic (exact) mass is 512 g/mol. The van der Waals surface area contributed by atoms with Gasteiger partial charge < -0.3 is 9.13 Å². The van der Waals surface area contributed by atoms with Crippen molar-refractivity contribution in [3.8, 4) is 0 Å². The number of benzene rings is 2. The van der Waals surface area contributed by atoms with E-state index in [1.165, 1.54) is 80.7 Å². The summed E-state index contributed by atoms with van der Waals surface area (Å²) in [7, 11) is 2.17. The molecule has 0 N–H and O–H groups in total. The number of imidazole rings is 2. The van der Waals surface area contributed by atoms with Crippen molar-refractivity contribution in [2.75, 3.05) is 13.1 Å². The second kappa shape index (κ2) is 10.5. The molecule has 0 saturated carbocycles. The third kappa shape index (κ3) is 4.66. The van der Waals surface area contributed by atoms with Gasteiger partial charge in [-0.2, -0.15) is 0 Å². The highest BCUT2D eigenvalue weighted by atomic mass is 15.3. The Labute approximate surface area is 227 Å². The molecule has 0 radical (unpaired) electrons. The Morgan fingerprint density at radius 2 is 1.34 bits per heavy atom. The van der Waals surface area contributed by atoms with E-state index in [0.717, 1.165) is 24.1 Å². The molecule has 2 fully saturated rings. The van der Waals surface area contributed by atoms with Crippen molar-refractivity contribution in [1.29, 1.82) is 0 Å². The first kappa shape index (κ1) is 25.6. The molecule has 38 heavy (non-hydrogen) atoms. The van der Waals surface area contributed by atoms with Gasteiger partial charge in [-0.3, -0.25) is 9.80 Å². The van der Waals surface area contributed by atoms with E-state index in [4.69, 9.17) is 9.97 Å². The second-order valence-electron chi connectivity index (χ2n) is 12.2. The van der Waals surface area contributed by atoms with E-state index in [2.05, 4.69) is 95.3 Å². The molecule has 0 aliphatic carbocycles. The maximum atomic E-state index is 5.23. The van der Waals surface area contributed by atoms with Crippen molar-refractivity contribution in [2.24, 2.45) is 7.05 Å². The van der Waals surface area contributed by atoms with Crippen LogP contribution in [0.2, 0.25) is 0 Å². The highest BCUT2D eigenvalue weighted by molar-refractivity contribution is 5.76. The number of aromatic nitrogens is 4. The molecule has 0 amide bonds. The quantitative estimate of drug-likeness (QED) is 0.257. The molecule has 6 nitrogen and oxygen atoms in total. The SMILES string of the molecule is CCCCC(C)(C)n1c(CN2CCCC2C2CCCN2Cc2nc3ccccc3n2C)nc2ccccc21. The predicted molar refractivity (Wildman–Crippen MR) is 156 cm³/mol. The summed E-state index contributed by atoms with van der Waals surface area (Å²) in [4.78, 5) is 15.7. The van der Waals surface area contributed by atoms with E-state index in [1.807, 2.05) is 0 Å². The Kier molecular flexibility index (Phi) is 7.04. The summed E-state index contributed by atoms with van der Waals surface area (Å²) in [6, 6.07) is 18.4. The highest BCUT2D eigenvalue weighted by Gasteiger charge is 2.39. The van der Waals surface area contributed by atoms with Gasteiger partial charge in [-0.25, -0.2) is 9.97 Å². The van der Waals surface area contributed by atoms with Gasteiger partial charge in [0.15, 0.2) is 0 Å². The first-order chi connectivity index (χ1) is 18.5. The third-order valence-electron chi connectivity index (χ3n) is 9.22. The van der Waals surface area contributed by atoms with Crippen molar-refractivity contribution in [3.05, 3.63) is 60.2 Å². The number of hydrogen-bond acceptors (Lipinski definition) is 4. The number of nitrogens with zero attached hydrogens (tertiary/aromatic N) is 6. The first-order valence-corrected chi connectivity index (χ1v) is 14.8. The van der Waals surface area contributed by atoms with Crippen molar-refractivity contribution in [2.45, 2.75) is 96.4 Å². The summed E-state index contributed by atoms with van der Waals surface area (Å²) >= 11 is 0. The topological polar surface area (TPSA) is 42.1 Å². The Hall–Kier alpha value is -2.70. The maximum absolute atomic E-state index is 5.23. The third-order valence-corrected chi connectivity index (χ3v) is 9.22. The number of unbranched alkanes of at least 4 members (excludes halogenated alkanes) is 1. The van der Waals surface area contributed by atoms with Crippen molar-refractivity contribution in [3.63, 3.8) is 0 Å². The highest BCUT2D eigenvalue weighted by Crippen LogP contribution is 2.35. The summed E-state index contributed by atoms with van der Waals surface area (Å²) in [5.41, 5.74) is 4.80. The van der Waals surface area contributed by atoms with Gasteiger partial charge in [0.2, 0.25) is 0 Å². The summed E-state index contributed by atoms with van der Waals surface area (Å²) < 4.78 is 4.86. The minimum absolute atomic E-state index is 0.0519. The van der Waals surface area contributed by atoms with E-state index in [1.54, 1.807) is 0 Å². The normalized spacial score (nSPS) is 21.4. The lowest BCUT2D eigenvalue weighted by Gasteiger charge is -2.36. The zero-order valence-electron chi connectivity index (χ0n) is 23.7. The summed E-state index contributed by atoms with van der Waals surface area (Å²) in [5.74, 6) is 2.42. The van der Waals surface area contributed by atoms with Crippen LogP contribution in [-0.4, -0.2) is 54.1 Å².